The van der Waals surface area contributed by atoms with Crippen molar-refractivity contribution in [3.63, 3.8) is 0 Å². The van der Waals surface area contributed by atoms with Gasteiger partial charge in [-0.2, -0.15) is 0 Å². The van der Waals surface area contributed by atoms with Gasteiger partial charge in [-0.1, -0.05) is 24.3 Å². The van der Waals surface area contributed by atoms with Crippen LogP contribution in [0.25, 0.3) is 10.9 Å². The summed E-state index contributed by atoms with van der Waals surface area (Å²) in [5.41, 5.74) is 3.52. The van der Waals surface area contributed by atoms with Gasteiger partial charge in [-0.15, -0.1) is 0 Å². The average molecular weight is 278 g/mol. The first-order chi connectivity index (χ1) is 10.3. The topological polar surface area (TPSA) is 45.1 Å². The van der Waals surface area contributed by atoms with Crippen molar-refractivity contribution in [2.75, 3.05) is 6.54 Å². The Morgan fingerprint density at radius 1 is 0.952 bits per heavy atom. The lowest BCUT2D eigenvalue weighted by Crippen LogP contribution is -2.16. The highest BCUT2D eigenvalue weighted by Gasteiger charge is 1.98. The molecule has 0 aliphatic heterocycles. The summed E-state index contributed by atoms with van der Waals surface area (Å²) in [6, 6.07) is 17.8. The molecular weight excluding hydrogens is 260 g/mol. The van der Waals surface area contributed by atoms with Crippen LogP contribution in [-0.2, 0) is 13.0 Å². The fraction of sp³-hybridized carbons (Fsp3) is 0.167. The summed E-state index contributed by atoms with van der Waals surface area (Å²) >= 11 is 0. The van der Waals surface area contributed by atoms with Crippen LogP contribution in [0.2, 0.25) is 0 Å². The molecule has 21 heavy (non-hydrogen) atoms. The summed E-state index contributed by atoms with van der Waals surface area (Å²) in [5, 5.41) is 13.9. The number of hydrogen-bond acceptors (Lipinski definition) is 3. The van der Waals surface area contributed by atoms with Crippen molar-refractivity contribution in [1.29, 1.82) is 0 Å². The zero-order valence-corrected chi connectivity index (χ0v) is 11.8. The van der Waals surface area contributed by atoms with Crippen molar-refractivity contribution in [1.82, 2.24) is 10.3 Å². The highest BCUT2D eigenvalue weighted by molar-refractivity contribution is 5.78. The van der Waals surface area contributed by atoms with Crippen molar-refractivity contribution >= 4 is 10.9 Å². The van der Waals surface area contributed by atoms with Gasteiger partial charge in [0, 0.05) is 18.1 Å². The highest BCUT2D eigenvalue weighted by Crippen LogP contribution is 2.13. The van der Waals surface area contributed by atoms with Crippen LogP contribution < -0.4 is 5.32 Å². The van der Waals surface area contributed by atoms with Crippen LogP contribution in [0.1, 0.15) is 11.1 Å². The van der Waals surface area contributed by atoms with Crippen LogP contribution in [0.4, 0.5) is 0 Å². The summed E-state index contributed by atoms with van der Waals surface area (Å²) in [6.45, 7) is 1.76. The largest absolute Gasteiger partial charge is 0.508 e. The highest BCUT2D eigenvalue weighted by atomic mass is 16.3. The van der Waals surface area contributed by atoms with Gasteiger partial charge in [-0.25, -0.2) is 0 Å². The van der Waals surface area contributed by atoms with Crippen LogP contribution in [0.15, 0.2) is 60.8 Å². The van der Waals surface area contributed by atoms with Gasteiger partial charge >= 0.3 is 0 Å². The molecule has 1 heterocycles. The van der Waals surface area contributed by atoms with E-state index in [0.29, 0.717) is 5.75 Å². The molecule has 0 spiro atoms. The number of phenols is 1. The number of nitrogens with one attached hydrogen (secondary N) is 1. The number of nitrogens with zero attached hydrogens (tertiary/aromatic N) is 1. The molecule has 106 valence electrons. The lowest BCUT2D eigenvalue weighted by Gasteiger charge is -2.06. The predicted octanol–water partition coefficient (Wildman–Crippen LogP) is 3.27. The molecule has 0 fully saturated rings. The molecule has 3 nitrogen and oxygen atoms in total. The molecule has 0 amide bonds. The third-order valence-electron chi connectivity index (χ3n) is 3.52. The van der Waals surface area contributed by atoms with E-state index in [1.807, 2.05) is 24.4 Å². The second kappa shape index (κ2) is 6.37. The summed E-state index contributed by atoms with van der Waals surface area (Å²) in [4.78, 5) is 4.32. The van der Waals surface area contributed by atoms with Crippen molar-refractivity contribution in [2.45, 2.75) is 13.0 Å². The van der Waals surface area contributed by atoms with E-state index in [4.69, 9.17) is 0 Å². The zero-order chi connectivity index (χ0) is 14.5. The molecule has 2 aromatic carbocycles. The number of pyridine rings is 1. The normalized spacial score (nSPS) is 10.9. The Labute approximate surface area is 124 Å². The lowest BCUT2D eigenvalue weighted by molar-refractivity contribution is 0.475. The predicted molar refractivity (Wildman–Crippen MR) is 85.3 cm³/mol. The van der Waals surface area contributed by atoms with E-state index >= 15 is 0 Å². The molecule has 0 bridgehead atoms. The van der Waals surface area contributed by atoms with E-state index in [1.54, 1.807) is 12.1 Å². The SMILES string of the molecule is Oc1ccc(CCNCc2ccc3ncccc3c2)cc1. The summed E-state index contributed by atoms with van der Waals surface area (Å²) in [7, 11) is 0. The van der Waals surface area contributed by atoms with E-state index in [1.165, 1.54) is 16.5 Å². The number of aromatic hydroxyl groups is 1. The third-order valence-corrected chi connectivity index (χ3v) is 3.52. The van der Waals surface area contributed by atoms with Crippen LogP contribution in [0.5, 0.6) is 5.75 Å². The maximum Gasteiger partial charge on any atom is 0.115 e. The molecule has 0 radical (unpaired) electrons. The first kappa shape index (κ1) is 13.6. The van der Waals surface area contributed by atoms with Crippen molar-refractivity contribution in [3.05, 3.63) is 71.9 Å². The third kappa shape index (κ3) is 3.58. The van der Waals surface area contributed by atoms with E-state index in [2.05, 4.69) is 34.6 Å². The number of rotatable bonds is 5. The number of fused-ring (bicyclic) bond motifs is 1. The van der Waals surface area contributed by atoms with Gasteiger partial charge in [-0.3, -0.25) is 4.98 Å². The zero-order valence-electron chi connectivity index (χ0n) is 11.8. The Balaban J connectivity index is 1.53. The van der Waals surface area contributed by atoms with Crippen molar-refractivity contribution in [2.24, 2.45) is 0 Å². The number of hydrogen-bond donors (Lipinski definition) is 2. The Morgan fingerprint density at radius 3 is 2.62 bits per heavy atom. The van der Waals surface area contributed by atoms with E-state index in [9.17, 15) is 5.11 Å². The lowest BCUT2D eigenvalue weighted by atomic mass is 10.1. The van der Waals surface area contributed by atoms with Gasteiger partial charge in [0.25, 0.3) is 0 Å². The van der Waals surface area contributed by atoms with Crippen LogP contribution in [0.3, 0.4) is 0 Å². The molecule has 0 aliphatic rings. The standard InChI is InChI=1S/C18H18N2O/c21-17-6-3-14(4-7-17)9-11-19-13-15-5-8-18-16(12-15)2-1-10-20-18/h1-8,10,12,19,21H,9,11,13H2. The Bertz CT molecular complexity index is 723. The van der Waals surface area contributed by atoms with Gasteiger partial charge in [-0.05, 0) is 54.4 Å². The monoisotopic (exact) mass is 278 g/mol. The molecule has 3 aromatic rings. The Morgan fingerprint density at radius 2 is 1.76 bits per heavy atom. The van der Waals surface area contributed by atoms with Gasteiger partial charge in [0.2, 0.25) is 0 Å². The second-order valence-corrected chi connectivity index (χ2v) is 5.12. The Hall–Kier alpha value is -2.39. The molecule has 0 saturated carbocycles. The fourth-order valence-corrected chi connectivity index (χ4v) is 2.36. The molecule has 2 N–H and O–H groups in total. The molecule has 1 aromatic heterocycles. The maximum absolute atomic E-state index is 9.24. The molecule has 0 saturated heterocycles. The van der Waals surface area contributed by atoms with Gasteiger partial charge in [0.1, 0.15) is 5.75 Å². The average Bonchev–Trinajstić information content (AvgIpc) is 2.53. The molecule has 3 heteroatoms. The molecule has 0 aliphatic carbocycles. The van der Waals surface area contributed by atoms with E-state index < -0.39 is 0 Å². The van der Waals surface area contributed by atoms with Crippen LogP contribution >= 0.6 is 0 Å². The van der Waals surface area contributed by atoms with Crippen LogP contribution in [0, 0.1) is 0 Å². The molecule has 3 rings (SSSR count). The second-order valence-electron chi connectivity index (χ2n) is 5.12. The smallest absolute Gasteiger partial charge is 0.115 e. The summed E-state index contributed by atoms with van der Waals surface area (Å²) in [5.74, 6) is 0.316. The molecule has 0 atom stereocenters. The summed E-state index contributed by atoms with van der Waals surface area (Å²) < 4.78 is 0. The minimum absolute atomic E-state index is 0.316. The molecular formula is C18H18N2O. The first-order valence-electron chi connectivity index (χ1n) is 7.13. The fourth-order valence-electron chi connectivity index (χ4n) is 2.36. The number of aromatic nitrogens is 1. The van der Waals surface area contributed by atoms with Crippen molar-refractivity contribution < 1.29 is 5.11 Å². The first-order valence-corrected chi connectivity index (χ1v) is 7.13. The van der Waals surface area contributed by atoms with Crippen molar-refractivity contribution in [3.8, 4) is 5.75 Å². The van der Waals surface area contributed by atoms with Gasteiger partial charge < -0.3 is 10.4 Å². The van der Waals surface area contributed by atoms with Gasteiger partial charge in [0.15, 0.2) is 0 Å². The number of phenolic OH excluding ortho intramolecular Hbond substituents is 1. The van der Waals surface area contributed by atoms with E-state index in [-0.39, 0.29) is 0 Å². The van der Waals surface area contributed by atoms with Gasteiger partial charge in [0.05, 0.1) is 5.52 Å². The quantitative estimate of drug-likeness (QED) is 0.704. The Kier molecular flexibility index (Phi) is 4.12. The van der Waals surface area contributed by atoms with E-state index in [0.717, 1.165) is 25.0 Å². The molecule has 0 unspecified atom stereocenters. The van der Waals surface area contributed by atoms with Crippen LogP contribution in [-0.4, -0.2) is 16.6 Å². The minimum Gasteiger partial charge on any atom is -0.508 e. The maximum atomic E-state index is 9.24. The number of benzene rings is 2. The summed E-state index contributed by atoms with van der Waals surface area (Å²) in [6.07, 6.45) is 2.77. The minimum atomic E-state index is 0.316.